The predicted molar refractivity (Wildman–Crippen MR) is 156 cm³/mol. The number of aryl methyl sites for hydroxylation is 2. The van der Waals surface area contributed by atoms with Crippen LogP contribution in [0.2, 0.25) is 0 Å². The van der Waals surface area contributed by atoms with Gasteiger partial charge in [-0.25, -0.2) is 0 Å². The molecule has 2 aromatic rings. The largest absolute Gasteiger partial charge is 0.491 e. The minimum atomic E-state index is -1.18. The second-order valence-electron chi connectivity index (χ2n) is 10.7. The number of likely N-dealkylation sites (N-methyl/N-ethyl adjacent to an activating group) is 1. The Morgan fingerprint density at radius 3 is 2.59 bits per heavy atom. The smallest absolute Gasteiger partial charge is 0.255 e. The summed E-state index contributed by atoms with van der Waals surface area (Å²) in [4.78, 5) is 54.6. The molecule has 1 heterocycles. The van der Waals surface area contributed by atoms with E-state index in [1.165, 1.54) is 0 Å². The highest BCUT2D eigenvalue weighted by molar-refractivity contribution is 6.01. The molecule has 10 heteroatoms. The highest BCUT2D eigenvalue weighted by Crippen LogP contribution is 2.20. The fraction of sp³-hybridized carbons (Fsp3) is 0.484. The molecule has 3 N–H and O–H groups in total. The number of amides is 4. The monoisotopic (exact) mass is 566 g/mol. The van der Waals surface area contributed by atoms with E-state index in [-0.39, 0.29) is 43.6 Å². The number of nitrogens with zero attached hydrogens (tertiary/aromatic N) is 1. The molecule has 1 aliphatic heterocycles. The molecule has 41 heavy (non-hydrogen) atoms. The Morgan fingerprint density at radius 1 is 1.12 bits per heavy atom. The second kappa shape index (κ2) is 15.1. The van der Waals surface area contributed by atoms with Gasteiger partial charge in [0.2, 0.25) is 17.7 Å². The SMILES string of the molecule is CCN1CCOc2ccccc2C(=O)N[C@H](C(=O)NCCOc2ccc(C)cc2C)CC(=O)N[C@@H](CC(C)C)C1=O. The van der Waals surface area contributed by atoms with Crippen LogP contribution < -0.4 is 25.4 Å². The number of hydrogen-bond acceptors (Lipinski definition) is 6. The van der Waals surface area contributed by atoms with Crippen molar-refractivity contribution in [3.05, 3.63) is 59.2 Å². The van der Waals surface area contributed by atoms with Crippen molar-refractivity contribution < 1.29 is 28.7 Å². The van der Waals surface area contributed by atoms with Gasteiger partial charge in [0.05, 0.1) is 25.1 Å². The average molecular weight is 567 g/mol. The molecule has 3 rings (SSSR count). The fourth-order valence-electron chi connectivity index (χ4n) is 4.69. The first kappa shape index (κ1) is 31.4. The molecular formula is C31H42N4O6. The minimum absolute atomic E-state index is 0.140. The first-order chi connectivity index (χ1) is 19.6. The normalized spacial score (nSPS) is 18.5. The van der Waals surface area contributed by atoms with Crippen molar-refractivity contribution in [1.82, 2.24) is 20.9 Å². The van der Waals surface area contributed by atoms with Crippen LogP contribution in [0.5, 0.6) is 11.5 Å². The number of rotatable bonds is 8. The Labute approximate surface area is 242 Å². The van der Waals surface area contributed by atoms with Gasteiger partial charge < -0.3 is 30.3 Å². The van der Waals surface area contributed by atoms with Crippen LogP contribution in [-0.4, -0.2) is 73.5 Å². The zero-order chi connectivity index (χ0) is 29.9. The second-order valence-corrected chi connectivity index (χ2v) is 10.7. The van der Waals surface area contributed by atoms with Crippen LogP contribution in [-0.2, 0) is 14.4 Å². The van der Waals surface area contributed by atoms with E-state index in [2.05, 4.69) is 16.0 Å². The van der Waals surface area contributed by atoms with Gasteiger partial charge in [0.15, 0.2) is 0 Å². The van der Waals surface area contributed by atoms with Crippen molar-refractivity contribution in [3.63, 3.8) is 0 Å². The number of carbonyl (C=O) groups excluding carboxylic acids is 4. The Bertz CT molecular complexity index is 1230. The summed E-state index contributed by atoms with van der Waals surface area (Å²) in [7, 11) is 0. The highest BCUT2D eigenvalue weighted by Gasteiger charge is 2.30. The van der Waals surface area contributed by atoms with E-state index in [0.717, 1.165) is 11.1 Å². The third-order valence-corrected chi connectivity index (χ3v) is 6.78. The van der Waals surface area contributed by atoms with E-state index in [1.54, 1.807) is 29.2 Å². The zero-order valence-corrected chi connectivity index (χ0v) is 24.6. The quantitative estimate of drug-likeness (QED) is 0.422. The fourth-order valence-corrected chi connectivity index (χ4v) is 4.69. The van der Waals surface area contributed by atoms with Gasteiger partial charge in [0.1, 0.15) is 36.8 Å². The van der Waals surface area contributed by atoms with Gasteiger partial charge in [-0.05, 0) is 56.9 Å². The summed E-state index contributed by atoms with van der Waals surface area (Å²) in [5.74, 6) is -0.611. The number of ether oxygens (including phenoxy) is 2. The maximum atomic E-state index is 13.4. The Hall–Kier alpha value is -4.08. The number of nitrogens with one attached hydrogen (secondary N) is 3. The van der Waals surface area contributed by atoms with E-state index in [4.69, 9.17) is 9.47 Å². The molecule has 2 aromatic carbocycles. The van der Waals surface area contributed by atoms with E-state index < -0.39 is 29.8 Å². The molecule has 0 saturated carbocycles. The molecule has 2 atom stereocenters. The van der Waals surface area contributed by atoms with Crippen LogP contribution >= 0.6 is 0 Å². The molecule has 0 spiro atoms. The lowest BCUT2D eigenvalue weighted by atomic mass is 10.0. The van der Waals surface area contributed by atoms with Gasteiger partial charge in [-0.2, -0.15) is 0 Å². The standard InChI is InChI=1S/C31H42N4O6/c1-6-35-14-16-41-27-10-8-7-9-23(27)29(37)34-24(19-28(36)33-25(31(35)39)17-20(2)3)30(38)32-13-15-40-26-12-11-21(4)18-22(26)5/h7-12,18,20,24-25H,6,13-17,19H2,1-5H3,(H,32,38)(H,33,36)(H,34,37)/t24-,25-/m0/s1. The maximum Gasteiger partial charge on any atom is 0.255 e. The van der Waals surface area contributed by atoms with Gasteiger partial charge in [0.25, 0.3) is 5.91 Å². The van der Waals surface area contributed by atoms with Crippen molar-refractivity contribution in [3.8, 4) is 11.5 Å². The lowest BCUT2D eigenvalue weighted by molar-refractivity contribution is -0.137. The molecule has 0 saturated heterocycles. The molecule has 0 fully saturated rings. The summed E-state index contributed by atoms with van der Waals surface area (Å²) < 4.78 is 11.7. The summed E-state index contributed by atoms with van der Waals surface area (Å²) in [5.41, 5.74) is 2.34. The topological polar surface area (TPSA) is 126 Å². The summed E-state index contributed by atoms with van der Waals surface area (Å²) >= 11 is 0. The number of hydrogen-bond donors (Lipinski definition) is 3. The Balaban J connectivity index is 1.79. The Morgan fingerprint density at radius 2 is 1.88 bits per heavy atom. The molecule has 4 amide bonds. The van der Waals surface area contributed by atoms with E-state index in [0.29, 0.717) is 31.0 Å². The lowest BCUT2D eigenvalue weighted by Crippen LogP contribution is -2.53. The first-order valence-corrected chi connectivity index (χ1v) is 14.2. The van der Waals surface area contributed by atoms with Gasteiger partial charge in [-0.1, -0.05) is 43.7 Å². The van der Waals surface area contributed by atoms with E-state index in [1.807, 2.05) is 52.8 Å². The van der Waals surface area contributed by atoms with E-state index in [9.17, 15) is 19.2 Å². The van der Waals surface area contributed by atoms with E-state index >= 15 is 0 Å². The molecule has 0 bridgehead atoms. The predicted octanol–water partition coefficient (Wildman–Crippen LogP) is 2.76. The van der Waals surface area contributed by atoms with Gasteiger partial charge in [0, 0.05) is 6.54 Å². The number of fused-ring (bicyclic) bond motifs is 1. The maximum absolute atomic E-state index is 13.4. The van der Waals surface area contributed by atoms with Crippen molar-refractivity contribution in [2.45, 2.75) is 59.5 Å². The van der Waals surface area contributed by atoms with Crippen LogP contribution in [0.3, 0.4) is 0 Å². The van der Waals surface area contributed by atoms with Crippen molar-refractivity contribution in [2.24, 2.45) is 5.92 Å². The molecule has 0 aliphatic carbocycles. The van der Waals surface area contributed by atoms with Gasteiger partial charge >= 0.3 is 0 Å². The summed E-state index contributed by atoms with van der Waals surface area (Å²) in [6.07, 6.45) is 0.0935. The van der Waals surface area contributed by atoms with Gasteiger partial charge in [-0.3, -0.25) is 19.2 Å². The van der Waals surface area contributed by atoms with Crippen LogP contribution in [0, 0.1) is 19.8 Å². The van der Waals surface area contributed by atoms with Gasteiger partial charge in [-0.15, -0.1) is 0 Å². The lowest BCUT2D eigenvalue weighted by Gasteiger charge is -2.29. The molecule has 0 unspecified atom stereocenters. The van der Waals surface area contributed by atoms with Crippen LogP contribution in [0.1, 0.15) is 55.1 Å². The van der Waals surface area contributed by atoms with Crippen molar-refractivity contribution >= 4 is 23.6 Å². The first-order valence-electron chi connectivity index (χ1n) is 14.2. The molecule has 0 radical (unpaired) electrons. The summed E-state index contributed by atoms with van der Waals surface area (Å²) in [6, 6.07) is 10.6. The summed E-state index contributed by atoms with van der Waals surface area (Å²) in [6.45, 7) is 11.0. The average Bonchev–Trinajstić information content (AvgIpc) is 2.92. The minimum Gasteiger partial charge on any atom is -0.491 e. The number of carbonyl (C=O) groups is 4. The van der Waals surface area contributed by atoms with Crippen LogP contribution in [0.25, 0.3) is 0 Å². The highest BCUT2D eigenvalue weighted by atomic mass is 16.5. The molecule has 1 aliphatic rings. The Kier molecular flexibility index (Phi) is 11.6. The number of para-hydroxylation sites is 1. The van der Waals surface area contributed by atoms with Crippen molar-refractivity contribution in [1.29, 1.82) is 0 Å². The molecule has 10 nitrogen and oxygen atoms in total. The zero-order valence-electron chi connectivity index (χ0n) is 24.6. The summed E-state index contributed by atoms with van der Waals surface area (Å²) in [5, 5.41) is 8.25. The third-order valence-electron chi connectivity index (χ3n) is 6.78. The van der Waals surface area contributed by atoms with Crippen LogP contribution in [0.15, 0.2) is 42.5 Å². The third kappa shape index (κ3) is 9.23. The molecule has 222 valence electrons. The van der Waals surface area contributed by atoms with Crippen molar-refractivity contribution in [2.75, 3.05) is 32.8 Å². The van der Waals surface area contributed by atoms with Crippen LogP contribution in [0.4, 0.5) is 0 Å². The molecule has 0 aromatic heterocycles. The molecular weight excluding hydrogens is 524 g/mol. The number of benzene rings is 2.